The molecule has 18 heavy (non-hydrogen) atoms. The quantitative estimate of drug-likeness (QED) is 0.888. The molecule has 2 aromatic rings. The summed E-state index contributed by atoms with van der Waals surface area (Å²) in [6.45, 7) is 1.99. The van der Waals surface area contributed by atoms with Crippen LogP contribution in [0.15, 0.2) is 42.5 Å². The first-order valence-corrected chi connectivity index (χ1v) is 5.65. The maximum atomic E-state index is 9.09. The fourth-order valence-corrected chi connectivity index (χ4v) is 1.75. The smallest absolute Gasteiger partial charge is 0.142 e. The topological polar surface area (TPSA) is 45.0 Å². The van der Waals surface area contributed by atoms with Crippen LogP contribution < -0.4 is 10.1 Å². The van der Waals surface area contributed by atoms with Crippen molar-refractivity contribution in [3.63, 3.8) is 0 Å². The van der Waals surface area contributed by atoms with Crippen molar-refractivity contribution in [2.45, 2.75) is 6.92 Å². The van der Waals surface area contributed by atoms with E-state index in [-0.39, 0.29) is 0 Å². The highest BCUT2D eigenvalue weighted by molar-refractivity contribution is 5.71. The van der Waals surface area contributed by atoms with E-state index >= 15 is 0 Å². The van der Waals surface area contributed by atoms with Gasteiger partial charge in [0.1, 0.15) is 11.8 Å². The predicted molar refractivity (Wildman–Crippen MR) is 72.2 cm³/mol. The summed E-state index contributed by atoms with van der Waals surface area (Å²) in [4.78, 5) is 0. The monoisotopic (exact) mass is 238 g/mol. The average Bonchev–Trinajstić information content (AvgIpc) is 2.40. The van der Waals surface area contributed by atoms with Crippen LogP contribution in [-0.2, 0) is 0 Å². The summed E-state index contributed by atoms with van der Waals surface area (Å²) in [5.74, 6) is 0.753. The van der Waals surface area contributed by atoms with Crippen LogP contribution in [0, 0.1) is 18.3 Å². The van der Waals surface area contributed by atoms with Crippen molar-refractivity contribution in [2.24, 2.45) is 0 Å². The van der Waals surface area contributed by atoms with E-state index in [2.05, 4.69) is 11.4 Å². The van der Waals surface area contributed by atoms with Crippen LogP contribution in [0.25, 0.3) is 0 Å². The Balaban J connectivity index is 2.40. The molecule has 0 aromatic heterocycles. The van der Waals surface area contributed by atoms with E-state index in [1.165, 1.54) is 0 Å². The lowest BCUT2D eigenvalue weighted by Crippen LogP contribution is -1.97. The van der Waals surface area contributed by atoms with E-state index in [0.717, 1.165) is 22.7 Å². The van der Waals surface area contributed by atoms with E-state index in [1.54, 1.807) is 7.11 Å². The third kappa shape index (κ3) is 2.44. The van der Waals surface area contributed by atoms with Gasteiger partial charge in [0.15, 0.2) is 0 Å². The number of methoxy groups -OCH3 is 1. The van der Waals surface area contributed by atoms with Gasteiger partial charge in [0.25, 0.3) is 0 Å². The molecule has 0 spiro atoms. The summed E-state index contributed by atoms with van der Waals surface area (Å²) in [6.07, 6.45) is 0. The molecule has 0 heterocycles. The number of para-hydroxylation sites is 2. The Kier molecular flexibility index (Phi) is 3.49. The fourth-order valence-electron chi connectivity index (χ4n) is 1.75. The van der Waals surface area contributed by atoms with Gasteiger partial charge in [-0.05, 0) is 36.8 Å². The number of nitrogens with zero attached hydrogens (tertiary/aromatic N) is 1. The number of rotatable bonds is 3. The minimum absolute atomic E-state index is 0.617. The Morgan fingerprint density at radius 1 is 1.11 bits per heavy atom. The summed E-state index contributed by atoms with van der Waals surface area (Å²) >= 11 is 0. The first-order chi connectivity index (χ1) is 8.74. The standard InChI is InChI=1S/C15H14N2O/c1-11-7-8-12(10-16)14(9-11)17-13-5-3-4-6-15(13)18-2/h3-9,17H,1-2H3. The Labute approximate surface area is 107 Å². The van der Waals surface area contributed by atoms with Crippen molar-refractivity contribution in [2.75, 3.05) is 12.4 Å². The molecule has 0 fully saturated rings. The van der Waals surface area contributed by atoms with Gasteiger partial charge in [-0.15, -0.1) is 0 Å². The zero-order valence-corrected chi connectivity index (χ0v) is 10.4. The molecular formula is C15H14N2O. The molecule has 0 atom stereocenters. The van der Waals surface area contributed by atoms with Gasteiger partial charge in [-0.25, -0.2) is 0 Å². The third-order valence-electron chi connectivity index (χ3n) is 2.67. The second kappa shape index (κ2) is 5.24. The van der Waals surface area contributed by atoms with Gasteiger partial charge in [0, 0.05) is 0 Å². The van der Waals surface area contributed by atoms with Crippen molar-refractivity contribution in [1.29, 1.82) is 5.26 Å². The highest BCUT2D eigenvalue weighted by atomic mass is 16.5. The normalized spacial score (nSPS) is 9.61. The molecule has 0 radical (unpaired) electrons. The molecule has 0 saturated heterocycles. The molecule has 90 valence electrons. The van der Waals surface area contributed by atoms with Crippen molar-refractivity contribution in [1.82, 2.24) is 0 Å². The average molecular weight is 238 g/mol. The molecular weight excluding hydrogens is 224 g/mol. The third-order valence-corrected chi connectivity index (χ3v) is 2.67. The number of hydrogen-bond donors (Lipinski definition) is 1. The van der Waals surface area contributed by atoms with Crippen LogP contribution in [0.2, 0.25) is 0 Å². The SMILES string of the molecule is COc1ccccc1Nc1cc(C)ccc1C#N. The first-order valence-electron chi connectivity index (χ1n) is 5.65. The molecule has 2 rings (SSSR count). The minimum Gasteiger partial charge on any atom is -0.495 e. The van der Waals surface area contributed by atoms with Gasteiger partial charge < -0.3 is 10.1 Å². The number of hydrogen-bond acceptors (Lipinski definition) is 3. The molecule has 3 nitrogen and oxygen atoms in total. The second-order valence-corrected chi connectivity index (χ2v) is 3.99. The molecule has 0 bridgehead atoms. The highest BCUT2D eigenvalue weighted by Gasteiger charge is 2.06. The molecule has 2 aromatic carbocycles. The lowest BCUT2D eigenvalue weighted by molar-refractivity contribution is 0.417. The van der Waals surface area contributed by atoms with Gasteiger partial charge in [0.2, 0.25) is 0 Å². The molecule has 1 N–H and O–H groups in total. The molecule has 0 unspecified atom stereocenters. The van der Waals surface area contributed by atoms with Crippen LogP contribution >= 0.6 is 0 Å². The lowest BCUT2D eigenvalue weighted by Gasteiger charge is -2.12. The number of benzene rings is 2. The highest BCUT2D eigenvalue weighted by Crippen LogP contribution is 2.28. The summed E-state index contributed by atoms with van der Waals surface area (Å²) in [5, 5.41) is 12.3. The zero-order valence-electron chi connectivity index (χ0n) is 10.4. The van der Waals surface area contributed by atoms with E-state index < -0.39 is 0 Å². The molecule has 0 saturated carbocycles. The summed E-state index contributed by atoms with van der Waals surface area (Å²) in [7, 11) is 1.63. The fraction of sp³-hybridized carbons (Fsp3) is 0.133. The number of aryl methyl sites for hydroxylation is 1. The summed E-state index contributed by atoms with van der Waals surface area (Å²) < 4.78 is 5.28. The molecule has 0 amide bonds. The summed E-state index contributed by atoms with van der Waals surface area (Å²) in [5.41, 5.74) is 3.36. The van der Waals surface area contributed by atoms with Crippen LogP contribution in [0.4, 0.5) is 11.4 Å². The Bertz CT molecular complexity index is 600. The number of nitriles is 1. The molecule has 0 aliphatic heterocycles. The van der Waals surface area contributed by atoms with Crippen LogP contribution in [-0.4, -0.2) is 7.11 Å². The van der Waals surface area contributed by atoms with Gasteiger partial charge in [-0.1, -0.05) is 18.2 Å². The van der Waals surface area contributed by atoms with Crippen LogP contribution in [0.1, 0.15) is 11.1 Å². The van der Waals surface area contributed by atoms with Gasteiger partial charge in [-0.2, -0.15) is 5.26 Å². The van der Waals surface area contributed by atoms with Gasteiger partial charge >= 0.3 is 0 Å². The largest absolute Gasteiger partial charge is 0.495 e. The lowest BCUT2D eigenvalue weighted by atomic mass is 10.1. The number of nitrogens with one attached hydrogen (secondary N) is 1. The summed E-state index contributed by atoms with van der Waals surface area (Å²) in [6, 6.07) is 15.5. The van der Waals surface area contributed by atoms with E-state index in [0.29, 0.717) is 5.56 Å². The predicted octanol–water partition coefficient (Wildman–Crippen LogP) is 3.62. The van der Waals surface area contributed by atoms with Crippen molar-refractivity contribution >= 4 is 11.4 Å². The maximum absolute atomic E-state index is 9.09. The van der Waals surface area contributed by atoms with E-state index in [9.17, 15) is 0 Å². The second-order valence-electron chi connectivity index (χ2n) is 3.99. The number of anilines is 2. The maximum Gasteiger partial charge on any atom is 0.142 e. The van der Waals surface area contributed by atoms with E-state index in [1.807, 2.05) is 49.4 Å². The van der Waals surface area contributed by atoms with Crippen molar-refractivity contribution in [3.05, 3.63) is 53.6 Å². The van der Waals surface area contributed by atoms with Gasteiger partial charge in [-0.3, -0.25) is 0 Å². The molecule has 3 heteroatoms. The zero-order chi connectivity index (χ0) is 13.0. The Morgan fingerprint density at radius 2 is 1.89 bits per heavy atom. The Morgan fingerprint density at radius 3 is 2.61 bits per heavy atom. The van der Waals surface area contributed by atoms with Crippen LogP contribution in [0.3, 0.4) is 0 Å². The van der Waals surface area contributed by atoms with E-state index in [4.69, 9.17) is 10.00 Å². The van der Waals surface area contributed by atoms with Crippen molar-refractivity contribution < 1.29 is 4.74 Å². The Hall–Kier alpha value is -2.47. The molecule has 0 aliphatic carbocycles. The number of ether oxygens (including phenoxy) is 1. The van der Waals surface area contributed by atoms with Gasteiger partial charge in [0.05, 0.1) is 24.0 Å². The molecule has 0 aliphatic rings. The minimum atomic E-state index is 0.617. The van der Waals surface area contributed by atoms with Crippen molar-refractivity contribution in [3.8, 4) is 11.8 Å². The van der Waals surface area contributed by atoms with Crippen LogP contribution in [0.5, 0.6) is 5.75 Å². The first kappa shape index (κ1) is 12.0.